The van der Waals surface area contributed by atoms with Gasteiger partial charge in [-0.05, 0) is 44.9 Å². The minimum absolute atomic E-state index is 0.110. The summed E-state index contributed by atoms with van der Waals surface area (Å²) in [5, 5.41) is 0. The highest BCUT2D eigenvalue weighted by atomic mass is 16.7. The molecule has 0 aromatic rings. The predicted molar refractivity (Wildman–Crippen MR) is 88.4 cm³/mol. The van der Waals surface area contributed by atoms with E-state index in [2.05, 4.69) is 6.92 Å². The van der Waals surface area contributed by atoms with E-state index in [0.29, 0.717) is 0 Å². The lowest BCUT2D eigenvalue weighted by molar-refractivity contribution is -0.0480. The number of ether oxygens (including phenoxy) is 2. The van der Waals surface area contributed by atoms with Crippen molar-refractivity contribution in [3.63, 3.8) is 0 Å². The monoisotopic (exact) mass is 294 g/mol. The molecule has 0 aromatic heterocycles. The molecule has 2 heteroatoms. The molecule has 122 valence electrons. The fraction of sp³-hybridized carbons (Fsp3) is 0.895. The number of allylic oxidation sites excluding steroid dienone is 2. The maximum atomic E-state index is 5.45. The van der Waals surface area contributed by atoms with Crippen LogP contribution >= 0.6 is 0 Å². The largest absolute Gasteiger partial charge is 0.350 e. The van der Waals surface area contributed by atoms with Gasteiger partial charge < -0.3 is 9.47 Å². The van der Waals surface area contributed by atoms with Gasteiger partial charge in [0.1, 0.15) is 0 Å². The van der Waals surface area contributed by atoms with E-state index in [0.717, 1.165) is 19.6 Å². The molecule has 2 rings (SSSR count). The van der Waals surface area contributed by atoms with Crippen molar-refractivity contribution >= 4 is 0 Å². The molecule has 1 fully saturated rings. The lowest BCUT2D eigenvalue weighted by Crippen LogP contribution is -2.06. The second-order valence-electron chi connectivity index (χ2n) is 6.67. The Labute approximate surface area is 131 Å². The lowest BCUT2D eigenvalue weighted by atomic mass is 10.1. The van der Waals surface area contributed by atoms with Gasteiger partial charge >= 0.3 is 0 Å². The average Bonchev–Trinajstić information content (AvgIpc) is 3.03. The zero-order valence-corrected chi connectivity index (χ0v) is 14.0. The molecule has 2 nitrogen and oxygen atoms in total. The Kier molecular flexibility index (Phi) is 8.43. The van der Waals surface area contributed by atoms with Crippen molar-refractivity contribution in [3.05, 3.63) is 11.1 Å². The fourth-order valence-electron chi connectivity index (χ4n) is 3.24. The minimum atomic E-state index is 0.110. The highest BCUT2D eigenvalue weighted by molar-refractivity contribution is 5.34. The molecular weight excluding hydrogens is 260 g/mol. The fourth-order valence-corrected chi connectivity index (χ4v) is 3.24. The number of unbranched alkanes of at least 4 members (excludes halogenated alkanes) is 7. The summed E-state index contributed by atoms with van der Waals surface area (Å²) in [6.45, 7) is 3.87. The average molecular weight is 294 g/mol. The van der Waals surface area contributed by atoms with E-state index < -0.39 is 0 Å². The maximum Gasteiger partial charge on any atom is 0.157 e. The molecule has 0 N–H and O–H groups in total. The van der Waals surface area contributed by atoms with Gasteiger partial charge in [-0.2, -0.15) is 0 Å². The van der Waals surface area contributed by atoms with E-state index in [9.17, 15) is 0 Å². The van der Waals surface area contributed by atoms with Gasteiger partial charge in [0.05, 0.1) is 13.2 Å². The standard InChI is InChI=1S/C19H34O2/c1-2-3-11-17-16-18(17)12-9-7-5-4-6-8-10-13-19-20-14-15-21-19/h19H,2-16H2,1H3. The molecule has 2 aliphatic rings. The van der Waals surface area contributed by atoms with Crippen LogP contribution in [0.4, 0.5) is 0 Å². The van der Waals surface area contributed by atoms with Gasteiger partial charge in [0.25, 0.3) is 0 Å². The third-order valence-corrected chi connectivity index (χ3v) is 4.74. The van der Waals surface area contributed by atoms with Crippen LogP contribution in [0.5, 0.6) is 0 Å². The summed E-state index contributed by atoms with van der Waals surface area (Å²) in [6.07, 6.45) is 17.8. The summed E-state index contributed by atoms with van der Waals surface area (Å²) >= 11 is 0. The summed E-state index contributed by atoms with van der Waals surface area (Å²) in [7, 11) is 0. The van der Waals surface area contributed by atoms with Gasteiger partial charge in [0, 0.05) is 0 Å². The Hall–Kier alpha value is -0.340. The third kappa shape index (κ3) is 7.46. The van der Waals surface area contributed by atoms with Crippen LogP contribution in [0.3, 0.4) is 0 Å². The highest BCUT2D eigenvalue weighted by Gasteiger charge is 2.19. The summed E-state index contributed by atoms with van der Waals surface area (Å²) < 4.78 is 10.9. The first-order valence-electron chi connectivity index (χ1n) is 9.33. The van der Waals surface area contributed by atoms with Crippen LogP contribution < -0.4 is 0 Å². The Bertz CT molecular complexity index is 303. The van der Waals surface area contributed by atoms with Crippen LogP contribution in [0.15, 0.2) is 11.1 Å². The first kappa shape index (κ1) is 17.0. The molecule has 1 saturated heterocycles. The van der Waals surface area contributed by atoms with Crippen LogP contribution in [0.25, 0.3) is 0 Å². The van der Waals surface area contributed by atoms with Crippen LogP contribution in [0, 0.1) is 0 Å². The van der Waals surface area contributed by atoms with E-state index >= 15 is 0 Å². The maximum absolute atomic E-state index is 5.45. The van der Waals surface area contributed by atoms with Gasteiger partial charge in [-0.25, -0.2) is 0 Å². The highest BCUT2D eigenvalue weighted by Crippen LogP contribution is 2.38. The smallest absolute Gasteiger partial charge is 0.157 e. The third-order valence-electron chi connectivity index (χ3n) is 4.74. The molecule has 1 aliphatic heterocycles. The predicted octanol–water partition coefficient (Wildman–Crippen LogP) is 5.76. The SMILES string of the molecule is CCCCC1=C(CCCCCCCCCC2OCCO2)C1. The van der Waals surface area contributed by atoms with E-state index in [1.807, 2.05) is 0 Å². The molecule has 0 amide bonds. The summed E-state index contributed by atoms with van der Waals surface area (Å²) in [4.78, 5) is 0. The molecule has 1 heterocycles. The van der Waals surface area contributed by atoms with E-state index in [-0.39, 0.29) is 6.29 Å². The van der Waals surface area contributed by atoms with Crippen molar-refractivity contribution in [1.82, 2.24) is 0 Å². The van der Waals surface area contributed by atoms with Crippen LogP contribution in [0.2, 0.25) is 0 Å². The van der Waals surface area contributed by atoms with Gasteiger partial charge in [0.2, 0.25) is 0 Å². The van der Waals surface area contributed by atoms with Crippen molar-refractivity contribution in [2.75, 3.05) is 13.2 Å². The minimum Gasteiger partial charge on any atom is -0.350 e. The van der Waals surface area contributed by atoms with Crippen LogP contribution in [-0.4, -0.2) is 19.5 Å². The first-order valence-corrected chi connectivity index (χ1v) is 9.33. The molecule has 0 bridgehead atoms. The summed E-state index contributed by atoms with van der Waals surface area (Å²) in [6, 6.07) is 0. The van der Waals surface area contributed by atoms with Crippen molar-refractivity contribution in [1.29, 1.82) is 0 Å². The van der Waals surface area contributed by atoms with Crippen molar-refractivity contribution in [2.24, 2.45) is 0 Å². The van der Waals surface area contributed by atoms with Crippen molar-refractivity contribution in [3.8, 4) is 0 Å². The lowest BCUT2D eigenvalue weighted by Gasteiger charge is -2.08. The van der Waals surface area contributed by atoms with E-state index in [1.54, 1.807) is 11.1 Å². The van der Waals surface area contributed by atoms with Gasteiger partial charge in [-0.1, -0.05) is 56.6 Å². The van der Waals surface area contributed by atoms with E-state index in [4.69, 9.17) is 9.47 Å². The van der Waals surface area contributed by atoms with Crippen LogP contribution in [-0.2, 0) is 9.47 Å². The molecule has 0 spiro atoms. The number of hydrogen-bond acceptors (Lipinski definition) is 2. The molecule has 0 saturated carbocycles. The Morgan fingerprint density at radius 2 is 1.33 bits per heavy atom. The number of rotatable bonds is 13. The molecular formula is C19H34O2. The molecule has 1 aliphatic carbocycles. The quantitative estimate of drug-likeness (QED) is 0.317. The molecule has 0 radical (unpaired) electrons. The van der Waals surface area contributed by atoms with Crippen LogP contribution in [0.1, 0.15) is 90.4 Å². The topological polar surface area (TPSA) is 18.5 Å². The Balaban J connectivity index is 1.30. The van der Waals surface area contributed by atoms with Crippen molar-refractivity contribution < 1.29 is 9.47 Å². The summed E-state index contributed by atoms with van der Waals surface area (Å²) in [5.74, 6) is 0. The zero-order chi connectivity index (χ0) is 14.8. The Morgan fingerprint density at radius 1 is 0.762 bits per heavy atom. The normalized spacial score (nSPS) is 18.7. The van der Waals surface area contributed by atoms with E-state index in [1.165, 1.54) is 77.0 Å². The van der Waals surface area contributed by atoms with Crippen molar-refractivity contribution in [2.45, 2.75) is 96.7 Å². The summed E-state index contributed by atoms with van der Waals surface area (Å²) in [5.41, 5.74) is 3.60. The second kappa shape index (κ2) is 10.4. The molecule has 0 atom stereocenters. The van der Waals surface area contributed by atoms with Gasteiger partial charge in [-0.3, -0.25) is 0 Å². The van der Waals surface area contributed by atoms with Gasteiger partial charge in [-0.15, -0.1) is 0 Å². The first-order chi connectivity index (χ1) is 10.4. The molecule has 0 unspecified atom stereocenters. The Morgan fingerprint density at radius 3 is 2.00 bits per heavy atom. The molecule has 21 heavy (non-hydrogen) atoms. The zero-order valence-electron chi connectivity index (χ0n) is 14.0. The second-order valence-corrected chi connectivity index (χ2v) is 6.67. The number of hydrogen-bond donors (Lipinski definition) is 0. The van der Waals surface area contributed by atoms with Gasteiger partial charge in [0.15, 0.2) is 6.29 Å². The molecule has 0 aromatic carbocycles.